The molecule has 6 nitrogen and oxygen atoms in total. The van der Waals surface area contributed by atoms with E-state index in [4.69, 9.17) is 0 Å². The topological polar surface area (TPSA) is 61.4 Å². The molecule has 2 amide bonds. The van der Waals surface area contributed by atoms with Gasteiger partial charge in [-0.05, 0) is 18.8 Å². The van der Waals surface area contributed by atoms with Crippen LogP contribution >= 0.6 is 11.3 Å². The molecule has 1 aliphatic heterocycles. The molecule has 3 rings (SSSR count). The Balaban J connectivity index is 1.68. The minimum absolute atomic E-state index is 0.0646. The highest BCUT2D eigenvalue weighted by molar-refractivity contribution is 7.15. The summed E-state index contributed by atoms with van der Waals surface area (Å²) < 4.78 is 0. The molecule has 0 aromatic carbocycles. The van der Waals surface area contributed by atoms with Gasteiger partial charge in [0.1, 0.15) is 5.01 Å². The van der Waals surface area contributed by atoms with Crippen molar-refractivity contribution in [3.05, 3.63) is 5.01 Å². The molecule has 0 spiro atoms. The number of amides is 2. The lowest BCUT2D eigenvalue weighted by molar-refractivity contribution is 0.217. The number of anilines is 1. The number of hydrazine groups is 1. The lowest BCUT2D eigenvalue weighted by atomic mass is 9.80. The molecule has 1 aliphatic carbocycles. The molecule has 2 fully saturated rings. The standard InChI is InChI=1S/C14H23N5OS/c1-3-5-10-6-4-7-11(8-10)12-16-17-13(21-12)19-9-15-18(2)14(19)20/h10-11,15H,3-9H2,1-2H3. The van der Waals surface area contributed by atoms with Gasteiger partial charge < -0.3 is 0 Å². The number of urea groups is 1. The van der Waals surface area contributed by atoms with Gasteiger partial charge in [-0.15, -0.1) is 10.2 Å². The zero-order valence-corrected chi connectivity index (χ0v) is 13.5. The van der Waals surface area contributed by atoms with Gasteiger partial charge in [0, 0.05) is 13.0 Å². The van der Waals surface area contributed by atoms with Gasteiger partial charge in [0.15, 0.2) is 0 Å². The molecule has 2 heterocycles. The maximum Gasteiger partial charge on any atom is 0.341 e. The van der Waals surface area contributed by atoms with E-state index in [0.717, 1.165) is 10.9 Å². The van der Waals surface area contributed by atoms with Crippen LogP contribution in [0.3, 0.4) is 0 Å². The highest BCUT2D eigenvalue weighted by Crippen LogP contribution is 2.40. The van der Waals surface area contributed by atoms with Crippen LogP contribution in [-0.2, 0) is 0 Å². The van der Waals surface area contributed by atoms with Crippen LogP contribution in [0.2, 0.25) is 0 Å². The predicted molar refractivity (Wildman–Crippen MR) is 83.2 cm³/mol. The van der Waals surface area contributed by atoms with E-state index in [2.05, 4.69) is 22.5 Å². The third-order valence-corrected chi connectivity index (χ3v) is 5.58. The van der Waals surface area contributed by atoms with Gasteiger partial charge in [-0.3, -0.25) is 9.91 Å². The van der Waals surface area contributed by atoms with E-state index >= 15 is 0 Å². The molecule has 7 heteroatoms. The zero-order chi connectivity index (χ0) is 14.8. The van der Waals surface area contributed by atoms with E-state index in [-0.39, 0.29) is 6.03 Å². The van der Waals surface area contributed by atoms with Crippen molar-refractivity contribution in [3.63, 3.8) is 0 Å². The smallest absolute Gasteiger partial charge is 0.261 e. The second-order valence-electron chi connectivity index (χ2n) is 6.03. The minimum Gasteiger partial charge on any atom is -0.261 e. The fraction of sp³-hybridized carbons (Fsp3) is 0.786. The molecule has 2 aliphatic rings. The van der Waals surface area contributed by atoms with E-state index in [1.807, 2.05) is 0 Å². The molecular weight excluding hydrogens is 286 g/mol. The van der Waals surface area contributed by atoms with Gasteiger partial charge in [-0.25, -0.2) is 10.2 Å². The van der Waals surface area contributed by atoms with Crippen LogP contribution in [-0.4, -0.2) is 35.0 Å². The molecule has 1 aromatic rings. The minimum atomic E-state index is -0.0646. The molecule has 1 N–H and O–H groups in total. The van der Waals surface area contributed by atoms with Crippen LogP contribution in [0.25, 0.3) is 0 Å². The SMILES string of the molecule is CCCC1CCCC(c2nnc(N3CNN(C)C3=O)s2)C1. The largest absolute Gasteiger partial charge is 0.341 e. The normalized spacial score (nSPS) is 26.7. The number of carbonyl (C=O) groups is 1. The first kappa shape index (κ1) is 14.7. The van der Waals surface area contributed by atoms with Gasteiger partial charge in [0.2, 0.25) is 5.13 Å². The van der Waals surface area contributed by atoms with Crippen molar-refractivity contribution < 1.29 is 4.79 Å². The quantitative estimate of drug-likeness (QED) is 0.929. The van der Waals surface area contributed by atoms with Crippen molar-refractivity contribution in [2.75, 3.05) is 18.6 Å². The summed E-state index contributed by atoms with van der Waals surface area (Å²) in [7, 11) is 1.72. The van der Waals surface area contributed by atoms with Gasteiger partial charge >= 0.3 is 6.03 Å². The number of carbonyl (C=O) groups excluding carboxylic acids is 1. The summed E-state index contributed by atoms with van der Waals surface area (Å²) >= 11 is 1.58. The monoisotopic (exact) mass is 309 g/mol. The average Bonchev–Trinajstić information content (AvgIpc) is 3.08. The van der Waals surface area contributed by atoms with E-state index in [1.54, 1.807) is 23.3 Å². The van der Waals surface area contributed by atoms with Crippen molar-refractivity contribution >= 4 is 22.5 Å². The van der Waals surface area contributed by atoms with Crippen LogP contribution < -0.4 is 10.3 Å². The molecule has 21 heavy (non-hydrogen) atoms. The summed E-state index contributed by atoms with van der Waals surface area (Å²) in [6, 6.07) is -0.0646. The lowest BCUT2D eigenvalue weighted by Gasteiger charge is -2.27. The van der Waals surface area contributed by atoms with Crippen molar-refractivity contribution in [1.82, 2.24) is 20.6 Å². The molecule has 1 saturated carbocycles. The van der Waals surface area contributed by atoms with Crippen LogP contribution in [0, 0.1) is 5.92 Å². The zero-order valence-electron chi connectivity index (χ0n) is 12.7. The predicted octanol–water partition coefficient (Wildman–Crippen LogP) is 2.95. The molecule has 0 bridgehead atoms. The number of hydrogen-bond donors (Lipinski definition) is 1. The third kappa shape index (κ3) is 3.03. The summed E-state index contributed by atoms with van der Waals surface area (Å²) in [6.45, 7) is 2.74. The van der Waals surface area contributed by atoms with Crippen molar-refractivity contribution in [1.29, 1.82) is 0 Å². The molecular formula is C14H23N5OS. The lowest BCUT2D eigenvalue weighted by Crippen LogP contribution is -2.31. The van der Waals surface area contributed by atoms with E-state index in [9.17, 15) is 4.79 Å². The first-order valence-electron chi connectivity index (χ1n) is 7.81. The second kappa shape index (κ2) is 6.27. The molecule has 116 valence electrons. The summed E-state index contributed by atoms with van der Waals surface area (Å²) in [5.74, 6) is 1.37. The summed E-state index contributed by atoms with van der Waals surface area (Å²) in [5.41, 5.74) is 2.98. The van der Waals surface area contributed by atoms with Crippen molar-refractivity contribution in [2.45, 2.75) is 51.4 Å². The number of rotatable bonds is 4. The van der Waals surface area contributed by atoms with Gasteiger partial charge in [0.25, 0.3) is 0 Å². The van der Waals surface area contributed by atoms with E-state index in [0.29, 0.717) is 17.7 Å². The Morgan fingerprint density at radius 3 is 2.95 bits per heavy atom. The van der Waals surface area contributed by atoms with Crippen molar-refractivity contribution in [3.8, 4) is 0 Å². The van der Waals surface area contributed by atoms with Gasteiger partial charge in [-0.2, -0.15) is 0 Å². The summed E-state index contributed by atoms with van der Waals surface area (Å²) in [4.78, 5) is 13.6. The number of nitrogens with one attached hydrogen (secondary N) is 1. The van der Waals surface area contributed by atoms with Crippen LogP contribution in [0.1, 0.15) is 56.4 Å². The van der Waals surface area contributed by atoms with Crippen LogP contribution in [0.4, 0.5) is 9.93 Å². The number of nitrogens with zero attached hydrogens (tertiary/aromatic N) is 4. The highest BCUT2D eigenvalue weighted by atomic mass is 32.1. The van der Waals surface area contributed by atoms with E-state index < -0.39 is 0 Å². The second-order valence-corrected chi connectivity index (χ2v) is 7.01. The van der Waals surface area contributed by atoms with Crippen LogP contribution in [0.5, 0.6) is 0 Å². The Bertz CT molecular complexity index is 503. The van der Waals surface area contributed by atoms with Gasteiger partial charge in [-0.1, -0.05) is 43.9 Å². The van der Waals surface area contributed by atoms with Gasteiger partial charge in [0.05, 0.1) is 6.67 Å². The van der Waals surface area contributed by atoms with E-state index in [1.165, 1.54) is 43.5 Å². The first-order chi connectivity index (χ1) is 10.2. The fourth-order valence-electron chi connectivity index (χ4n) is 3.33. The molecule has 1 saturated heterocycles. The Morgan fingerprint density at radius 2 is 2.24 bits per heavy atom. The summed E-state index contributed by atoms with van der Waals surface area (Å²) in [6.07, 6.45) is 7.67. The maximum atomic E-state index is 12.0. The molecule has 2 unspecified atom stereocenters. The fourth-order valence-corrected chi connectivity index (χ4v) is 4.31. The number of hydrogen-bond acceptors (Lipinski definition) is 5. The molecule has 1 aromatic heterocycles. The highest BCUT2D eigenvalue weighted by Gasteiger charge is 2.31. The Kier molecular flexibility index (Phi) is 4.40. The Labute approximate surface area is 129 Å². The Hall–Kier alpha value is -1.21. The van der Waals surface area contributed by atoms with Crippen molar-refractivity contribution in [2.24, 2.45) is 5.92 Å². The average molecular weight is 309 g/mol. The number of aromatic nitrogens is 2. The molecule has 2 atom stereocenters. The van der Waals surface area contributed by atoms with Crippen LogP contribution in [0.15, 0.2) is 0 Å². The Morgan fingerprint density at radius 1 is 1.38 bits per heavy atom. The third-order valence-electron chi connectivity index (χ3n) is 4.47. The maximum absolute atomic E-state index is 12.0. The molecule has 0 radical (unpaired) electrons. The first-order valence-corrected chi connectivity index (χ1v) is 8.62. The summed E-state index contributed by atoms with van der Waals surface area (Å²) in [5, 5.41) is 11.9.